The van der Waals surface area contributed by atoms with E-state index in [-0.39, 0.29) is 0 Å². The van der Waals surface area contributed by atoms with Gasteiger partial charge in [0.15, 0.2) is 0 Å². The largest absolute Gasteiger partial charge is 0.323 e. The molecule has 152 valence electrons. The van der Waals surface area contributed by atoms with Gasteiger partial charge in [0.1, 0.15) is 5.69 Å². The first-order valence-corrected chi connectivity index (χ1v) is 9.89. The number of rotatable bonds is 4. The highest BCUT2D eigenvalue weighted by Gasteiger charge is 2.30. The number of aryl methyl sites for hydroxylation is 1. The SMILES string of the molecule is Cn1nnnc1-c1ncc(NC(=O)Nc2cnn3ccc(Cl)c3c2C2CC2)cc1Cl. The molecule has 2 amide bonds. The van der Waals surface area contributed by atoms with E-state index in [1.165, 1.54) is 10.9 Å². The molecule has 4 heterocycles. The molecular formula is C18H15Cl2N9O. The van der Waals surface area contributed by atoms with Crippen LogP contribution in [0.5, 0.6) is 0 Å². The molecule has 5 rings (SSSR count). The molecule has 1 aliphatic carbocycles. The van der Waals surface area contributed by atoms with Crippen molar-refractivity contribution in [3.8, 4) is 11.5 Å². The van der Waals surface area contributed by atoms with Crippen LogP contribution >= 0.6 is 23.2 Å². The van der Waals surface area contributed by atoms with Crippen molar-refractivity contribution in [1.82, 2.24) is 34.8 Å². The normalized spacial score (nSPS) is 13.6. The number of carbonyl (C=O) groups is 1. The summed E-state index contributed by atoms with van der Waals surface area (Å²) in [5.41, 5.74) is 3.30. The molecule has 0 saturated heterocycles. The number of halogens is 2. The third kappa shape index (κ3) is 3.33. The van der Waals surface area contributed by atoms with E-state index in [1.807, 2.05) is 0 Å². The lowest BCUT2D eigenvalue weighted by Gasteiger charge is -2.13. The molecule has 0 atom stereocenters. The number of fused-ring (bicyclic) bond motifs is 1. The molecule has 1 fully saturated rings. The highest BCUT2D eigenvalue weighted by atomic mass is 35.5. The molecule has 1 saturated carbocycles. The maximum Gasteiger partial charge on any atom is 0.323 e. The number of anilines is 2. The van der Waals surface area contributed by atoms with Crippen molar-refractivity contribution >= 4 is 46.1 Å². The van der Waals surface area contributed by atoms with Gasteiger partial charge in [-0.3, -0.25) is 0 Å². The molecule has 0 aliphatic heterocycles. The van der Waals surface area contributed by atoms with Crippen molar-refractivity contribution in [2.75, 3.05) is 10.6 Å². The smallest absolute Gasteiger partial charge is 0.306 e. The lowest BCUT2D eigenvalue weighted by molar-refractivity contribution is 0.262. The van der Waals surface area contributed by atoms with Crippen LogP contribution in [0.1, 0.15) is 24.3 Å². The zero-order valence-electron chi connectivity index (χ0n) is 15.7. The van der Waals surface area contributed by atoms with Crippen LogP contribution in [0, 0.1) is 0 Å². The number of pyridine rings is 1. The molecule has 30 heavy (non-hydrogen) atoms. The number of carbonyl (C=O) groups excluding carboxylic acids is 1. The lowest BCUT2D eigenvalue weighted by atomic mass is 10.1. The van der Waals surface area contributed by atoms with Gasteiger partial charge in [-0.25, -0.2) is 19.0 Å². The predicted octanol–water partition coefficient (Wildman–Crippen LogP) is 3.75. The van der Waals surface area contributed by atoms with Crippen molar-refractivity contribution in [2.45, 2.75) is 18.8 Å². The van der Waals surface area contributed by atoms with Crippen LogP contribution in [0.3, 0.4) is 0 Å². The zero-order chi connectivity index (χ0) is 20.8. The average Bonchev–Trinajstić information content (AvgIpc) is 3.36. The minimum Gasteiger partial charge on any atom is -0.306 e. The van der Waals surface area contributed by atoms with Gasteiger partial charge in [-0.15, -0.1) is 5.10 Å². The second-order valence-corrected chi connectivity index (χ2v) is 7.78. The van der Waals surface area contributed by atoms with Gasteiger partial charge in [-0.05, 0) is 41.3 Å². The minimum atomic E-state index is -0.434. The van der Waals surface area contributed by atoms with E-state index in [1.54, 1.807) is 36.1 Å². The van der Waals surface area contributed by atoms with E-state index in [0.29, 0.717) is 38.9 Å². The quantitative estimate of drug-likeness (QED) is 0.496. The van der Waals surface area contributed by atoms with Crippen LogP contribution in [0.2, 0.25) is 10.0 Å². The van der Waals surface area contributed by atoms with Gasteiger partial charge in [0, 0.05) is 18.8 Å². The fraction of sp³-hybridized carbons (Fsp3) is 0.222. The van der Waals surface area contributed by atoms with Crippen molar-refractivity contribution in [3.63, 3.8) is 0 Å². The summed E-state index contributed by atoms with van der Waals surface area (Å²) in [7, 11) is 1.69. The molecule has 10 nitrogen and oxygen atoms in total. The van der Waals surface area contributed by atoms with E-state index in [0.717, 1.165) is 23.9 Å². The fourth-order valence-electron chi connectivity index (χ4n) is 3.33. The number of aromatic nitrogens is 7. The number of amides is 2. The standard InChI is InChI=1S/C18H15Cl2N9O/c1-28-17(25-26-27-28)15-12(20)6-10(7-21-15)23-18(30)24-13-8-22-29-5-4-11(19)16(29)14(13)9-2-3-9/h4-9H,2-3H2,1H3,(H2,23,24,30). The Morgan fingerprint density at radius 2 is 2.03 bits per heavy atom. The molecule has 0 radical (unpaired) electrons. The maximum absolute atomic E-state index is 12.6. The number of tetrazole rings is 1. The first-order chi connectivity index (χ1) is 14.5. The summed E-state index contributed by atoms with van der Waals surface area (Å²) in [6.45, 7) is 0. The summed E-state index contributed by atoms with van der Waals surface area (Å²) in [6.07, 6.45) is 7.02. The number of nitrogens with zero attached hydrogens (tertiary/aromatic N) is 7. The molecule has 12 heteroatoms. The second kappa shape index (κ2) is 7.22. The maximum atomic E-state index is 12.6. The van der Waals surface area contributed by atoms with Gasteiger partial charge in [-0.1, -0.05) is 23.2 Å². The first kappa shape index (κ1) is 18.8. The fourth-order valence-corrected chi connectivity index (χ4v) is 3.83. The van der Waals surface area contributed by atoms with Gasteiger partial charge in [0.25, 0.3) is 0 Å². The minimum absolute atomic E-state index is 0.312. The molecule has 4 aromatic rings. The first-order valence-electron chi connectivity index (χ1n) is 9.13. The Bertz CT molecular complexity index is 1280. The van der Waals surface area contributed by atoms with Crippen LogP contribution < -0.4 is 10.6 Å². The van der Waals surface area contributed by atoms with Gasteiger partial charge in [0.2, 0.25) is 5.82 Å². The Morgan fingerprint density at radius 3 is 2.73 bits per heavy atom. The Morgan fingerprint density at radius 1 is 1.20 bits per heavy atom. The van der Waals surface area contributed by atoms with Crippen molar-refractivity contribution in [2.24, 2.45) is 7.05 Å². The summed E-state index contributed by atoms with van der Waals surface area (Å²) < 4.78 is 3.19. The molecular weight excluding hydrogens is 429 g/mol. The topological polar surface area (TPSA) is 115 Å². The molecule has 1 aliphatic rings. The number of hydrogen-bond acceptors (Lipinski definition) is 6. The van der Waals surface area contributed by atoms with E-state index >= 15 is 0 Å². The molecule has 2 N–H and O–H groups in total. The molecule has 0 aromatic carbocycles. The van der Waals surface area contributed by atoms with E-state index < -0.39 is 6.03 Å². The molecule has 0 bridgehead atoms. The summed E-state index contributed by atoms with van der Waals surface area (Å²) in [5, 5.41) is 22.1. The van der Waals surface area contributed by atoms with Crippen molar-refractivity contribution in [3.05, 3.63) is 46.3 Å². The summed E-state index contributed by atoms with van der Waals surface area (Å²) >= 11 is 12.7. The van der Waals surface area contributed by atoms with Crippen LogP contribution in [0.15, 0.2) is 30.7 Å². The third-order valence-corrected chi connectivity index (χ3v) is 5.43. The number of hydrogen-bond donors (Lipinski definition) is 2. The van der Waals surface area contributed by atoms with E-state index in [4.69, 9.17) is 23.2 Å². The van der Waals surface area contributed by atoms with Crippen LogP contribution in [-0.2, 0) is 7.05 Å². The van der Waals surface area contributed by atoms with Crippen LogP contribution in [0.4, 0.5) is 16.2 Å². The Hall–Kier alpha value is -3.24. The summed E-state index contributed by atoms with van der Waals surface area (Å²) in [5.74, 6) is 0.780. The van der Waals surface area contributed by atoms with Crippen molar-refractivity contribution in [1.29, 1.82) is 0 Å². The van der Waals surface area contributed by atoms with Crippen molar-refractivity contribution < 1.29 is 4.79 Å². The lowest BCUT2D eigenvalue weighted by Crippen LogP contribution is -2.21. The summed E-state index contributed by atoms with van der Waals surface area (Å²) in [4.78, 5) is 16.9. The Kier molecular flexibility index (Phi) is 4.52. The Labute approximate surface area is 180 Å². The monoisotopic (exact) mass is 443 g/mol. The van der Waals surface area contributed by atoms with Gasteiger partial charge in [-0.2, -0.15) is 5.10 Å². The number of urea groups is 1. The zero-order valence-corrected chi connectivity index (χ0v) is 17.2. The third-order valence-electron chi connectivity index (χ3n) is 4.84. The Balaban J connectivity index is 1.38. The number of nitrogens with one attached hydrogen (secondary N) is 2. The van der Waals surface area contributed by atoms with Gasteiger partial charge < -0.3 is 10.6 Å². The predicted molar refractivity (Wildman–Crippen MR) is 112 cm³/mol. The summed E-state index contributed by atoms with van der Waals surface area (Å²) in [6, 6.07) is 2.95. The van der Waals surface area contributed by atoms with Gasteiger partial charge >= 0.3 is 6.03 Å². The highest BCUT2D eigenvalue weighted by molar-refractivity contribution is 6.34. The highest BCUT2D eigenvalue weighted by Crippen LogP contribution is 2.46. The van der Waals surface area contributed by atoms with E-state index in [2.05, 4.69) is 36.2 Å². The van der Waals surface area contributed by atoms with Gasteiger partial charge in [0.05, 0.1) is 39.3 Å². The van der Waals surface area contributed by atoms with Crippen LogP contribution in [-0.4, -0.2) is 40.8 Å². The second-order valence-electron chi connectivity index (χ2n) is 6.96. The van der Waals surface area contributed by atoms with E-state index in [9.17, 15) is 4.79 Å². The average molecular weight is 444 g/mol. The molecule has 0 unspecified atom stereocenters. The molecule has 0 spiro atoms. The van der Waals surface area contributed by atoms with Crippen LogP contribution in [0.25, 0.3) is 17.0 Å². The molecule has 4 aromatic heterocycles.